The van der Waals surface area contributed by atoms with E-state index in [0.717, 1.165) is 84.5 Å². The van der Waals surface area contributed by atoms with E-state index in [0.29, 0.717) is 5.69 Å². The SMILES string of the molecule is FC(F)(F)c1ccc(N(c2ccc3c(c2)CCC=C3)c2ccc3c(c2)c2ccccc2c2c(-c4ccccc4)cc(-c4ccccc4)c(-c4ccccc4)c32)cc1. The third kappa shape index (κ3) is 6.15. The van der Waals surface area contributed by atoms with Gasteiger partial charge >= 0.3 is 6.18 Å². The molecule has 0 heterocycles. The van der Waals surface area contributed by atoms with Crippen molar-refractivity contribution in [2.75, 3.05) is 4.90 Å². The first kappa shape index (κ1) is 34.6. The first-order valence-corrected chi connectivity index (χ1v) is 19.3. The van der Waals surface area contributed by atoms with Crippen molar-refractivity contribution < 1.29 is 13.2 Å². The van der Waals surface area contributed by atoms with Gasteiger partial charge in [-0.1, -0.05) is 140 Å². The largest absolute Gasteiger partial charge is 0.416 e. The normalized spacial score (nSPS) is 12.6. The molecule has 57 heavy (non-hydrogen) atoms. The number of benzene rings is 9. The summed E-state index contributed by atoms with van der Waals surface area (Å²) in [6, 6.07) is 61.2. The predicted octanol–water partition coefficient (Wildman–Crippen LogP) is 15.6. The molecule has 4 heteroatoms. The molecule has 0 aromatic heterocycles. The lowest BCUT2D eigenvalue weighted by atomic mass is 9.81. The zero-order chi connectivity index (χ0) is 38.5. The Balaban J connectivity index is 1.32. The van der Waals surface area contributed by atoms with Gasteiger partial charge in [0.2, 0.25) is 0 Å². The van der Waals surface area contributed by atoms with E-state index in [9.17, 15) is 13.2 Å². The third-order valence-electron chi connectivity index (χ3n) is 11.3. The molecule has 0 atom stereocenters. The first-order chi connectivity index (χ1) is 27.9. The van der Waals surface area contributed by atoms with Crippen molar-refractivity contribution in [1.82, 2.24) is 0 Å². The van der Waals surface area contributed by atoms with Crippen molar-refractivity contribution in [3.63, 3.8) is 0 Å². The molecule has 274 valence electrons. The van der Waals surface area contributed by atoms with Crippen LogP contribution in [-0.4, -0.2) is 0 Å². The van der Waals surface area contributed by atoms with Crippen LogP contribution >= 0.6 is 0 Å². The number of aryl methyl sites for hydroxylation is 1. The first-order valence-electron chi connectivity index (χ1n) is 19.3. The van der Waals surface area contributed by atoms with E-state index >= 15 is 0 Å². The summed E-state index contributed by atoms with van der Waals surface area (Å²) in [5.41, 5.74) is 11.0. The molecule has 0 spiro atoms. The molecule has 10 rings (SSSR count). The Kier molecular flexibility index (Phi) is 8.48. The fraction of sp³-hybridized carbons (Fsp3) is 0.0566. The summed E-state index contributed by atoms with van der Waals surface area (Å²) >= 11 is 0. The molecule has 1 aliphatic carbocycles. The highest BCUT2D eigenvalue weighted by Crippen LogP contribution is 2.50. The predicted molar refractivity (Wildman–Crippen MR) is 232 cm³/mol. The van der Waals surface area contributed by atoms with Crippen molar-refractivity contribution >= 4 is 55.5 Å². The number of hydrogen-bond acceptors (Lipinski definition) is 1. The van der Waals surface area contributed by atoms with E-state index in [-0.39, 0.29) is 0 Å². The van der Waals surface area contributed by atoms with Gasteiger partial charge in [0.25, 0.3) is 0 Å². The molecule has 0 unspecified atom stereocenters. The van der Waals surface area contributed by atoms with Crippen LogP contribution in [0, 0.1) is 0 Å². The number of hydrogen-bond donors (Lipinski definition) is 0. The lowest BCUT2D eigenvalue weighted by molar-refractivity contribution is -0.137. The molecule has 0 saturated carbocycles. The van der Waals surface area contributed by atoms with Gasteiger partial charge in [-0.2, -0.15) is 13.2 Å². The van der Waals surface area contributed by atoms with E-state index in [4.69, 9.17) is 0 Å². The van der Waals surface area contributed by atoms with Gasteiger partial charge in [0.15, 0.2) is 0 Å². The molecule has 1 nitrogen and oxygen atoms in total. The Morgan fingerprint density at radius 1 is 0.439 bits per heavy atom. The van der Waals surface area contributed by atoms with Crippen molar-refractivity contribution in [3.05, 3.63) is 205 Å². The zero-order valence-electron chi connectivity index (χ0n) is 31.0. The van der Waals surface area contributed by atoms with Crippen molar-refractivity contribution in [2.24, 2.45) is 0 Å². The second-order valence-electron chi connectivity index (χ2n) is 14.7. The Bertz CT molecular complexity index is 2970. The number of fused-ring (bicyclic) bond motifs is 7. The van der Waals surface area contributed by atoms with E-state index in [1.54, 1.807) is 12.1 Å². The molecule has 0 N–H and O–H groups in total. The summed E-state index contributed by atoms with van der Waals surface area (Å²) in [6.07, 6.45) is 1.76. The molecule has 0 radical (unpaired) electrons. The number of rotatable bonds is 6. The summed E-state index contributed by atoms with van der Waals surface area (Å²) in [7, 11) is 0. The number of alkyl halides is 3. The maximum atomic E-state index is 13.8. The number of halogens is 3. The summed E-state index contributed by atoms with van der Waals surface area (Å²) in [6.45, 7) is 0. The highest BCUT2D eigenvalue weighted by Gasteiger charge is 2.30. The van der Waals surface area contributed by atoms with Gasteiger partial charge in [-0.05, 0) is 144 Å². The van der Waals surface area contributed by atoms with Gasteiger partial charge in [-0.15, -0.1) is 0 Å². The fourth-order valence-electron chi connectivity index (χ4n) is 8.68. The Morgan fingerprint density at radius 2 is 1.00 bits per heavy atom. The molecular formula is C53H36F3N. The van der Waals surface area contributed by atoms with E-state index in [2.05, 4.69) is 175 Å². The zero-order valence-corrected chi connectivity index (χ0v) is 31.0. The molecule has 0 bridgehead atoms. The summed E-state index contributed by atoms with van der Waals surface area (Å²) in [4.78, 5) is 2.09. The van der Waals surface area contributed by atoms with Gasteiger partial charge in [0.1, 0.15) is 0 Å². The van der Waals surface area contributed by atoms with Crippen LogP contribution in [0.2, 0.25) is 0 Å². The van der Waals surface area contributed by atoms with Crippen LogP contribution < -0.4 is 4.90 Å². The Labute approximate surface area is 329 Å². The quantitative estimate of drug-likeness (QED) is 0.153. The lowest BCUT2D eigenvalue weighted by Crippen LogP contribution is -2.12. The molecule has 0 saturated heterocycles. The molecule has 0 fully saturated rings. The molecule has 9 aromatic rings. The Morgan fingerprint density at radius 3 is 1.68 bits per heavy atom. The van der Waals surface area contributed by atoms with Crippen LogP contribution in [0.1, 0.15) is 23.1 Å². The van der Waals surface area contributed by atoms with Gasteiger partial charge in [-0.3, -0.25) is 0 Å². The third-order valence-corrected chi connectivity index (χ3v) is 11.3. The Hall–Kier alpha value is -6.91. The second-order valence-corrected chi connectivity index (χ2v) is 14.7. The van der Waals surface area contributed by atoms with Gasteiger partial charge in [0.05, 0.1) is 5.56 Å². The smallest absolute Gasteiger partial charge is 0.310 e. The number of anilines is 3. The minimum Gasteiger partial charge on any atom is -0.310 e. The molecule has 1 aliphatic rings. The van der Waals surface area contributed by atoms with E-state index < -0.39 is 11.7 Å². The highest BCUT2D eigenvalue weighted by atomic mass is 19.4. The number of allylic oxidation sites excluding steroid dienone is 1. The van der Waals surface area contributed by atoms with Crippen molar-refractivity contribution in [1.29, 1.82) is 0 Å². The average Bonchev–Trinajstić information content (AvgIpc) is 3.26. The van der Waals surface area contributed by atoms with Crippen LogP contribution in [-0.2, 0) is 12.6 Å². The molecular weight excluding hydrogens is 708 g/mol. The minimum atomic E-state index is -4.43. The summed E-state index contributed by atoms with van der Waals surface area (Å²) in [5, 5.41) is 6.74. The van der Waals surface area contributed by atoms with Crippen LogP contribution in [0.3, 0.4) is 0 Å². The maximum Gasteiger partial charge on any atom is 0.416 e. The highest BCUT2D eigenvalue weighted by molar-refractivity contribution is 6.33. The molecule has 0 aliphatic heterocycles. The van der Waals surface area contributed by atoms with Gasteiger partial charge in [-0.25, -0.2) is 0 Å². The lowest BCUT2D eigenvalue weighted by Gasteiger charge is -2.28. The van der Waals surface area contributed by atoms with E-state index in [1.807, 2.05) is 0 Å². The van der Waals surface area contributed by atoms with Crippen molar-refractivity contribution in [3.8, 4) is 33.4 Å². The van der Waals surface area contributed by atoms with Crippen molar-refractivity contribution in [2.45, 2.75) is 19.0 Å². The topological polar surface area (TPSA) is 3.24 Å². The molecule has 9 aromatic carbocycles. The van der Waals surface area contributed by atoms with Crippen LogP contribution in [0.5, 0.6) is 0 Å². The fourth-order valence-corrected chi connectivity index (χ4v) is 8.68. The summed E-state index contributed by atoms with van der Waals surface area (Å²) in [5.74, 6) is 0. The van der Waals surface area contributed by atoms with E-state index in [1.165, 1.54) is 28.6 Å². The minimum absolute atomic E-state index is 0.654. The number of nitrogens with zero attached hydrogens (tertiary/aromatic N) is 1. The van der Waals surface area contributed by atoms with Crippen LogP contribution in [0.25, 0.3) is 71.8 Å². The van der Waals surface area contributed by atoms with Gasteiger partial charge in [0, 0.05) is 17.1 Å². The monoisotopic (exact) mass is 743 g/mol. The van der Waals surface area contributed by atoms with Crippen LogP contribution in [0.15, 0.2) is 188 Å². The summed E-state index contributed by atoms with van der Waals surface area (Å²) < 4.78 is 41.4. The standard InChI is InChI=1S/C53H36F3N/c54-53(55,56)40-25-28-41(29-26-40)57(42-27-24-35-14-10-11-21-39(35)32-42)43-30-31-46-49(33-43)44-22-12-13-23-45(44)51-48(37-17-6-2-7-18-37)34-47(36-15-4-1-5-16-36)50(52(46)51)38-19-8-3-9-20-38/h1-10,12-20,22-34H,11,21H2. The van der Waals surface area contributed by atoms with Crippen LogP contribution in [0.4, 0.5) is 30.2 Å². The second kappa shape index (κ2) is 14.0. The average molecular weight is 744 g/mol. The molecule has 0 amide bonds. The van der Waals surface area contributed by atoms with Gasteiger partial charge < -0.3 is 4.90 Å². The maximum absolute atomic E-state index is 13.8.